The normalized spacial score (nSPS) is 11.7. The van der Waals surface area contributed by atoms with Crippen LogP contribution in [-0.4, -0.2) is 45.9 Å². The third-order valence-corrected chi connectivity index (χ3v) is 6.75. The van der Waals surface area contributed by atoms with Crippen molar-refractivity contribution in [3.05, 3.63) is 114 Å². The zero-order chi connectivity index (χ0) is 26.9. The first kappa shape index (κ1) is 26.8. The Bertz CT molecular complexity index is 1310. The topological polar surface area (TPSA) is 67.9 Å². The monoisotopic (exact) mass is 513 g/mol. The second kappa shape index (κ2) is 12.8. The molecule has 7 nitrogen and oxygen atoms in total. The van der Waals surface area contributed by atoms with Gasteiger partial charge in [-0.15, -0.1) is 0 Å². The predicted octanol–water partition coefficient (Wildman–Crippen LogP) is 5.61. The Labute approximate surface area is 224 Å². The highest BCUT2D eigenvalue weighted by molar-refractivity contribution is 5.94. The van der Waals surface area contributed by atoms with E-state index in [0.717, 1.165) is 29.0 Å². The van der Waals surface area contributed by atoms with Gasteiger partial charge in [-0.1, -0.05) is 49.4 Å². The molecule has 0 aliphatic heterocycles. The van der Waals surface area contributed by atoms with Crippen molar-refractivity contribution in [1.82, 2.24) is 14.4 Å². The van der Waals surface area contributed by atoms with Crippen LogP contribution in [0.25, 0.3) is 0 Å². The molecule has 0 saturated carbocycles. The van der Waals surface area contributed by atoms with E-state index in [-0.39, 0.29) is 30.2 Å². The van der Waals surface area contributed by atoms with Crippen molar-refractivity contribution in [3.8, 4) is 5.75 Å². The van der Waals surface area contributed by atoms with E-state index in [4.69, 9.17) is 9.15 Å². The molecule has 38 heavy (non-hydrogen) atoms. The van der Waals surface area contributed by atoms with Gasteiger partial charge in [0.25, 0.3) is 5.91 Å². The Hall–Kier alpha value is -4.26. The molecule has 0 radical (unpaired) electrons. The number of aromatic nitrogens is 1. The van der Waals surface area contributed by atoms with Crippen molar-refractivity contribution in [2.75, 3.05) is 13.7 Å². The van der Waals surface area contributed by atoms with Crippen molar-refractivity contribution in [2.24, 2.45) is 0 Å². The van der Waals surface area contributed by atoms with Crippen molar-refractivity contribution in [3.63, 3.8) is 0 Å². The molecular weight excluding hydrogens is 478 g/mol. The van der Waals surface area contributed by atoms with Gasteiger partial charge in [0, 0.05) is 31.0 Å². The molecule has 0 aliphatic carbocycles. The largest absolute Gasteiger partial charge is 0.497 e. The molecule has 0 aliphatic rings. The van der Waals surface area contributed by atoms with Crippen LogP contribution in [0, 0.1) is 0 Å². The van der Waals surface area contributed by atoms with Crippen LogP contribution in [-0.2, 0) is 24.4 Å². The molecule has 0 saturated heterocycles. The van der Waals surface area contributed by atoms with Crippen molar-refractivity contribution >= 4 is 11.8 Å². The Morgan fingerprint density at radius 2 is 1.74 bits per heavy atom. The number of furan rings is 1. The van der Waals surface area contributed by atoms with Crippen LogP contribution in [0.3, 0.4) is 0 Å². The minimum absolute atomic E-state index is 0.0298. The Morgan fingerprint density at radius 1 is 0.947 bits per heavy atom. The molecular formula is C31H35N3O4. The second-order valence-electron chi connectivity index (χ2n) is 9.38. The average Bonchev–Trinajstić information content (AvgIpc) is 3.64. The molecule has 2 aromatic heterocycles. The number of nitrogens with zero attached hydrogens (tertiary/aromatic N) is 3. The number of rotatable bonds is 12. The number of methoxy groups -OCH3 is 1. The first-order valence-electron chi connectivity index (χ1n) is 12.9. The standard InChI is InChI=1S/C31H35N3O4/c1-4-24(2)34(31(36)29-16-10-18-38-29)23-30(35)33(20-25-11-6-5-7-12-25)22-27-14-9-17-32(27)21-26-13-8-15-28(19-26)37-3/h5-19,24H,4,20-23H2,1-3H3/t24-/m1/s1. The van der Waals surface area contributed by atoms with E-state index in [2.05, 4.69) is 10.6 Å². The lowest BCUT2D eigenvalue weighted by atomic mass is 10.1. The van der Waals surface area contributed by atoms with Gasteiger partial charge in [-0.25, -0.2) is 0 Å². The third kappa shape index (κ3) is 6.73. The number of hydrogen-bond acceptors (Lipinski definition) is 4. The predicted molar refractivity (Wildman–Crippen MR) is 147 cm³/mol. The highest BCUT2D eigenvalue weighted by Gasteiger charge is 2.27. The molecule has 0 spiro atoms. The van der Waals surface area contributed by atoms with Crippen LogP contribution in [0.15, 0.2) is 95.7 Å². The van der Waals surface area contributed by atoms with Crippen LogP contribution in [0.1, 0.15) is 47.6 Å². The Kier molecular flexibility index (Phi) is 9.03. The van der Waals surface area contributed by atoms with Crippen LogP contribution in [0.4, 0.5) is 0 Å². The van der Waals surface area contributed by atoms with Gasteiger partial charge in [0.1, 0.15) is 12.3 Å². The molecule has 0 fully saturated rings. The van der Waals surface area contributed by atoms with Gasteiger partial charge in [-0.3, -0.25) is 9.59 Å². The van der Waals surface area contributed by atoms with Gasteiger partial charge in [0.2, 0.25) is 5.91 Å². The molecule has 4 rings (SSSR count). The Morgan fingerprint density at radius 3 is 2.45 bits per heavy atom. The lowest BCUT2D eigenvalue weighted by molar-refractivity contribution is -0.133. The number of carbonyl (C=O) groups excluding carboxylic acids is 2. The number of ether oxygens (including phenoxy) is 1. The zero-order valence-electron chi connectivity index (χ0n) is 22.2. The van der Waals surface area contributed by atoms with E-state index in [0.29, 0.717) is 19.6 Å². The van der Waals surface area contributed by atoms with E-state index in [9.17, 15) is 9.59 Å². The highest BCUT2D eigenvalue weighted by atomic mass is 16.5. The lowest BCUT2D eigenvalue weighted by Crippen LogP contribution is -2.46. The van der Waals surface area contributed by atoms with E-state index in [1.807, 2.05) is 85.6 Å². The van der Waals surface area contributed by atoms with Crippen molar-refractivity contribution < 1.29 is 18.7 Å². The quantitative estimate of drug-likeness (QED) is 0.247. The van der Waals surface area contributed by atoms with Crippen molar-refractivity contribution in [2.45, 2.75) is 45.9 Å². The summed E-state index contributed by atoms with van der Waals surface area (Å²) in [5, 5.41) is 0. The molecule has 2 amide bonds. The molecule has 2 aromatic carbocycles. The van der Waals surface area contributed by atoms with Crippen molar-refractivity contribution in [1.29, 1.82) is 0 Å². The zero-order valence-corrected chi connectivity index (χ0v) is 22.2. The SMILES string of the molecule is CC[C@@H](C)N(CC(=O)N(Cc1ccccc1)Cc1cccn1Cc1cccc(OC)c1)C(=O)c1ccco1. The van der Waals surface area contributed by atoms with Gasteiger partial charge >= 0.3 is 0 Å². The minimum atomic E-state index is -0.279. The minimum Gasteiger partial charge on any atom is -0.497 e. The number of benzene rings is 2. The summed E-state index contributed by atoms with van der Waals surface area (Å²) in [6.07, 6.45) is 4.22. The summed E-state index contributed by atoms with van der Waals surface area (Å²) in [5.41, 5.74) is 3.14. The first-order chi connectivity index (χ1) is 18.5. The third-order valence-electron chi connectivity index (χ3n) is 6.75. The maximum absolute atomic E-state index is 13.8. The van der Waals surface area contributed by atoms with Crippen LogP contribution >= 0.6 is 0 Å². The summed E-state index contributed by atoms with van der Waals surface area (Å²) in [4.78, 5) is 30.4. The first-order valence-corrected chi connectivity index (χ1v) is 12.9. The van der Waals surface area contributed by atoms with E-state index >= 15 is 0 Å². The maximum Gasteiger partial charge on any atom is 0.290 e. The number of carbonyl (C=O) groups is 2. The number of hydrogen-bond donors (Lipinski definition) is 0. The van der Waals surface area contributed by atoms with Crippen LogP contribution in [0.5, 0.6) is 5.75 Å². The second-order valence-corrected chi connectivity index (χ2v) is 9.38. The number of amides is 2. The van der Waals surface area contributed by atoms with E-state index in [1.54, 1.807) is 24.1 Å². The summed E-state index contributed by atoms with van der Waals surface area (Å²) in [6, 6.07) is 25.1. The van der Waals surface area contributed by atoms with Gasteiger partial charge < -0.3 is 23.5 Å². The molecule has 0 N–H and O–H groups in total. The van der Waals surface area contributed by atoms with E-state index < -0.39 is 0 Å². The maximum atomic E-state index is 13.8. The highest BCUT2D eigenvalue weighted by Crippen LogP contribution is 2.18. The van der Waals surface area contributed by atoms with Crippen LogP contribution < -0.4 is 4.74 Å². The fourth-order valence-corrected chi connectivity index (χ4v) is 4.38. The van der Waals surface area contributed by atoms with Gasteiger partial charge in [0.05, 0.1) is 19.9 Å². The summed E-state index contributed by atoms with van der Waals surface area (Å²) < 4.78 is 12.9. The van der Waals surface area contributed by atoms with Gasteiger partial charge in [-0.2, -0.15) is 0 Å². The summed E-state index contributed by atoms with van der Waals surface area (Å²) in [5.74, 6) is 0.644. The fraction of sp³-hybridized carbons (Fsp3) is 0.290. The lowest BCUT2D eigenvalue weighted by Gasteiger charge is -2.31. The summed E-state index contributed by atoms with van der Waals surface area (Å²) in [7, 11) is 1.66. The molecule has 4 aromatic rings. The molecule has 2 heterocycles. The fourth-order valence-electron chi connectivity index (χ4n) is 4.38. The van der Waals surface area contributed by atoms with Gasteiger partial charge in [-0.05, 0) is 60.9 Å². The van der Waals surface area contributed by atoms with E-state index in [1.165, 1.54) is 6.26 Å². The molecule has 198 valence electrons. The summed E-state index contributed by atoms with van der Waals surface area (Å²) in [6.45, 7) is 5.43. The van der Waals surface area contributed by atoms with Crippen LogP contribution in [0.2, 0.25) is 0 Å². The molecule has 0 unspecified atom stereocenters. The molecule has 1 atom stereocenters. The Balaban J connectivity index is 1.57. The molecule has 0 bridgehead atoms. The smallest absolute Gasteiger partial charge is 0.290 e. The van der Waals surface area contributed by atoms with Gasteiger partial charge in [0.15, 0.2) is 5.76 Å². The molecule has 7 heteroatoms. The average molecular weight is 514 g/mol. The summed E-state index contributed by atoms with van der Waals surface area (Å²) >= 11 is 0.